The van der Waals surface area contributed by atoms with Crippen molar-refractivity contribution in [2.45, 2.75) is 40.2 Å². The van der Waals surface area contributed by atoms with Gasteiger partial charge in [0.15, 0.2) is 5.96 Å². The minimum absolute atomic E-state index is 0. The summed E-state index contributed by atoms with van der Waals surface area (Å²) < 4.78 is 0. The Kier molecular flexibility index (Phi) is 14.0. The molecule has 0 atom stereocenters. The Labute approximate surface area is 156 Å². The van der Waals surface area contributed by atoms with Gasteiger partial charge in [-0.1, -0.05) is 19.9 Å². The Morgan fingerprint density at radius 2 is 1.95 bits per heavy atom. The first-order valence-corrected chi connectivity index (χ1v) is 8.95. The fourth-order valence-electron chi connectivity index (χ4n) is 2.11. The molecule has 4 nitrogen and oxygen atoms in total. The van der Waals surface area contributed by atoms with Crippen LogP contribution in [0.4, 0.5) is 0 Å². The number of aliphatic imine (C=N–C) groups is 1. The molecule has 2 N–H and O–H groups in total. The van der Waals surface area contributed by atoms with E-state index in [1.54, 1.807) is 11.3 Å². The number of halogens is 1. The highest BCUT2D eigenvalue weighted by Crippen LogP contribution is 2.09. The molecule has 0 aliphatic carbocycles. The summed E-state index contributed by atoms with van der Waals surface area (Å²) >= 11 is 1.75. The second kappa shape index (κ2) is 14.3. The van der Waals surface area contributed by atoms with Crippen molar-refractivity contribution < 1.29 is 0 Å². The molecule has 1 aromatic heterocycles. The normalized spacial score (nSPS) is 11.4. The zero-order valence-corrected chi connectivity index (χ0v) is 17.2. The molecular formula is C16H31IN4S. The van der Waals surface area contributed by atoms with Crippen molar-refractivity contribution in [1.82, 2.24) is 15.5 Å². The van der Waals surface area contributed by atoms with E-state index in [2.05, 4.69) is 58.8 Å². The third-order valence-corrected chi connectivity index (χ3v) is 4.27. The van der Waals surface area contributed by atoms with Crippen LogP contribution in [-0.4, -0.2) is 43.6 Å². The molecule has 0 unspecified atom stereocenters. The SMILES string of the molecule is CCNC(=NCc1cccs1)NCCCCN(CC)CC.I. The van der Waals surface area contributed by atoms with Crippen molar-refractivity contribution in [3.63, 3.8) is 0 Å². The summed E-state index contributed by atoms with van der Waals surface area (Å²) in [4.78, 5) is 8.38. The van der Waals surface area contributed by atoms with Gasteiger partial charge in [-0.05, 0) is 50.8 Å². The van der Waals surface area contributed by atoms with E-state index in [1.807, 2.05) is 0 Å². The maximum absolute atomic E-state index is 4.62. The molecule has 0 aliphatic heterocycles. The lowest BCUT2D eigenvalue weighted by atomic mass is 10.3. The van der Waals surface area contributed by atoms with Crippen molar-refractivity contribution in [3.8, 4) is 0 Å². The number of thiophene rings is 1. The largest absolute Gasteiger partial charge is 0.357 e. The molecule has 1 heterocycles. The molecule has 0 saturated carbocycles. The lowest BCUT2D eigenvalue weighted by Gasteiger charge is -2.18. The van der Waals surface area contributed by atoms with Gasteiger partial charge >= 0.3 is 0 Å². The summed E-state index contributed by atoms with van der Waals surface area (Å²) in [5.74, 6) is 0.925. The number of guanidine groups is 1. The molecule has 0 aliphatic rings. The first-order chi connectivity index (χ1) is 10.3. The van der Waals surface area contributed by atoms with Gasteiger partial charge in [0.1, 0.15) is 0 Å². The van der Waals surface area contributed by atoms with Crippen LogP contribution in [0.5, 0.6) is 0 Å². The van der Waals surface area contributed by atoms with E-state index < -0.39 is 0 Å². The molecular weight excluding hydrogens is 407 g/mol. The average molecular weight is 438 g/mol. The first-order valence-electron chi connectivity index (χ1n) is 8.07. The molecule has 1 rings (SSSR count). The highest BCUT2D eigenvalue weighted by Gasteiger charge is 2.00. The average Bonchev–Trinajstić information content (AvgIpc) is 3.01. The predicted octanol–water partition coefficient (Wildman–Crippen LogP) is 3.54. The third kappa shape index (κ3) is 9.63. The van der Waals surface area contributed by atoms with Crippen molar-refractivity contribution in [2.24, 2.45) is 4.99 Å². The van der Waals surface area contributed by atoms with Gasteiger partial charge in [0, 0.05) is 18.0 Å². The van der Waals surface area contributed by atoms with Crippen LogP contribution in [0.25, 0.3) is 0 Å². The lowest BCUT2D eigenvalue weighted by Crippen LogP contribution is -2.38. The molecule has 0 spiro atoms. The van der Waals surface area contributed by atoms with E-state index in [1.165, 1.54) is 24.3 Å². The molecule has 1 aromatic rings. The Morgan fingerprint density at radius 1 is 1.18 bits per heavy atom. The van der Waals surface area contributed by atoms with Crippen LogP contribution in [0.15, 0.2) is 22.5 Å². The lowest BCUT2D eigenvalue weighted by molar-refractivity contribution is 0.297. The van der Waals surface area contributed by atoms with Crippen molar-refractivity contribution in [1.29, 1.82) is 0 Å². The van der Waals surface area contributed by atoms with Gasteiger partial charge in [0.2, 0.25) is 0 Å². The second-order valence-corrected chi connectivity index (χ2v) is 5.97. The summed E-state index contributed by atoms with van der Waals surface area (Å²) in [6, 6.07) is 4.20. The predicted molar refractivity (Wildman–Crippen MR) is 110 cm³/mol. The Morgan fingerprint density at radius 3 is 2.55 bits per heavy atom. The van der Waals surface area contributed by atoms with Crippen LogP contribution in [0, 0.1) is 0 Å². The zero-order chi connectivity index (χ0) is 15.3. The van der Waals surface area contributed by atoms with Crippen molar-refractivity contribution in [2.75, 3.05) is 32.7 Å². The van der Waals surface area contributed by atoms with Crippen LogP contribution < -0.4 is 10.6 Å². The standard InChI is InChI=1S/C16H30N4S.HI/c1-4-17-16(19-14-15-10-9-13-21-15)18-11-7-8-12-20(5-2)6-3;/h9-10,13H,4-8,11-12,14H2,1-3H3,(H2,17,18,19);1H. The maximum Gasteiger partial charge on any atom is 0.191 e. The highest BCUT2D eigenvalue weighted by atomic mass is 127. The molecule has 0 amide bonds. The van der Waals surface area contributed by atoms with E-state index in [4.69, 9.17) is 0 Å². The molecule has 0 fully saturated rings. The molecule has 22 heavy (non-hydrogen) atoms. The Balaban J connectivity index is 0.00000441. The van der Waals surface area contributed by atoms with Crippen molar-refractivity contribution in [3.05, 3.63) is 22.4 Å². The molecule has 6 heteroatoms. The van der Waals surface area contributed by atoms with E-state index in [-0.39, 0.29) is 24.0 Å². The van der Waals surface area contributed by atoms with Crippen molar-refractivity contribution >= 4 is 41.3 Å². The fraction of sp³-hybridized carbons (Fsp3) is 0.688. The van der Waals surface area contributed by atoms with Gasteiger partial charge in [-0.3, -0.25) is 0 Å². The smallest absolute Gasteiger partial charge is 0.191 e. The van der Waals surface area contributed by atoms with Crippen LogP contribution in [0.3, 0.4) is 0 Å². The molecule has 0 radical (unpaired) electrons. The highest BCUT2D eigenvalue weighted by molar-refractivity contribution is 14.0. The van der Waals surface area contributed by atoms with E-state index in [0.717, 1.165) is 38.7 Å². The van der Waals surface area contributed by atoms with Gasteiger partial charge in [0.05, 0.1) is 6.54 Å². The summed E-state index contributed by atoms with van der Waals surface area (Å²) in [5, 5.41) is 8.81. The number of hydrogen-bond acceptors (Lipinski definition) is 3. The number of hydrogen-bond donors (Lipinski definition) is 2. The minimum Gasteiger partial charge on any atom is -0.357 e. The number of unbranched alkanes of at least 4 members (excludes halogenated alkanes) is 1. The number of nitrogens with one attached hydrogen (secondary N) is 2. The minimum atomic E-state index is 0. The monoisotopic (exact) mass is 438 g/mol. The first kappa shape index (κ1) is 21.7. The Hall–Kier alpha value is -0.340. The van der Waals surface area contributed by atoms with Crippen LogP contribution >= 0.6 is 35.3 Å². The number of rotatable bonds is 10. The topological polar surface area (TPSA) is 39.7 Å². The van der Waals surface area contributed by atoms with Gasteiger partial charge in [0.25, 0.3) is 0 Å². The maximum atomic E-state index is 4.62. The summed E-state index contributed by atoms with van der Waals surface area (Å²) in [5.41, 5.74) is 0. The quantitative estimate of drug-likeness (QED) is 0.254. The van der Waals surface area contributed by atoms with Crippen LogP contribution in [0.2, 0.25) is 0 Å². The summed E-state index contributed by atoms with van der Waals surface area (Å²) in [7, 11) is 0. The molecule has 0 aromatic carbocycles. The molecule has 0 bridgehead atoms. The van der Waals surface area contributed by atoms with Gasteiger partial charge in [-0.2, -0.15) is 0 Å². The van der Waals surface area contributed by atoms with Gasteiger partial charge in [-0.15, -0.1) is 35.3 Å². The summed E-state index contributed by atoms with van der Waals surface area (Å²) in [6.45, 7) is 12.7. The number of nitrogens with zero attached hydrogens (tertiary/aromatic N) is 2. The summed E-state index contributed by atoms with van der Waals surface area (Å²) in [6.07, 6.45) is 2.42. The third-order valence-electron chi connectivity index (χ3n) is 3.41. The fourth-order valence-corrected chi connectivity index (χ4v) is 2.74. The van der Waals surface area contributed by atoms with Crippen LogP contribution in [-0.2, 0) is 6.54 Å². The van der Waals surface area contributed by atoms with E-state index in [9.17, 15) is 0 Å². The zero-order valence-electron chi connectivity index (χ0n) is 14.1. The second-order valence-electron chi connectivity index (χ2n) is 4.94. The van der Waals surface area contributed by atoms with Gasteiger partial charge < -0.3 is 15.5 Å². The molecule has 128 valence electrons. The van der Waals surface area contributed by atoms with E-state index in [0.29, 0.717) is 0 Å². The molecule has 0 saturated heterocycles. The van der Waals surface area contributed by atoms with Gasteiger partial charge in [-0.25, -0.2) is 4.99 Å². The van der Waals surface area contributed by atoms with E-state index >= 15 is 0 Å². The van der Waals surface area contributed by atoms with Crippen LogP contribution in [0.1, 0.15) is 38.5 Å². The Bertz CT molecular complexity index is 378.